The summed E-state index contributed by atoms with van der Waals surface area (Å²) in [6, 6.07) is 10.8. The SMILES string of the molecule is Fc1ccc(-c2cnc(Nc3cc(CCCCC4CCC5CNCC45)ccn3)s2)cc1. The lowest BCUT2D eigenvalue weighted by molar-refractivity contribution is 0.345. The van der Waals surface area contributed by atoms with Crippen LogP contribution in [0.4, 0.5) is 15.3 Å². The zero-order chi connectivity index (χ0) is 21.0. The molecule has 0 bridgehead atoms. The van der Waals surface area contributed by atoms with Crippen LogP contribution in [0.15, 0.2) is 48.8 Å². The van der Waals surface area contributed by atoms with Crippen molar-refractivity contribution in [1.29, 1.82) is 0 Å². The summed E-state index contributed by atoms with van der Waals surface area (Å²) >= 11 is 1.55. The number of hydrogen-bond donors (Lipinski definition) is 2. The number of benzene rings is 1. The van der Waals surface area contributed by atoms with E-state index in [2.05, 4.69) is 32.7 Å². The van der Waals surface area contributed by atoms with Gasteiger partial charge in [-0.3, -0.25) is 0 Å². The zero-order valence-corrected chi connectivity index (χ0v) is 18.5. The van der Waals surface area contributed by atoms with Crippen molar-refractivity contribution < 1.29 is 4.39 Å². The van der Waals surface area contributed by atoms with Gasteiger partial charge in [0, 0.05) is 12.4 Å². The third-order valence-electron chi connectivity index (χ3n) is 6.89. The predicted molar refractivity (Wildman–Crippen MR) is 125 cm³/mol. The molecule has 6 heteroatoms. The number of thiazole rings is 1. The summed E-state index contributed by atoms with van der Waals surface area (Å²) in [6.45, 7) is 2.49. The van der Waals surface area contributed by atoms with Gasteiger partial charge in [-0.15, -0.1) is 0 Å². The van der Waals surface area contributed by atoms with Crippen LogP contribution in [0.5, 0.6) is 0 Å². The summed E-state index contributed by atoms with van der Waals surface area (Å²) in [6.07, 6.45) is 11.6. The van der Waals surface area contributed by atoms with Crippen molar-refractivity contribution in [2.75, 3.05) is 18.4 Å². The molecule has 1 saturated carbocycles. The van der Waals surface area contributed by atoms with E-state index in [9.17, 15) is 4.39 Å². The maximum absolute atomic E-state index is 13.1. The van der Waals surface area contributed by atoms with Gasteiger partial charge in [-0.25, -0.2) is 14.4 Å². The standard InChI is InChI=1S/C25H29FN4S/c26-21-9-7-19(8-10-21)23-16-29-25(31-23)30-24-13-17(11-12-28-24)3-1-2-4-18-5-6-20-14-27-15-22(18)20/h7-13,16,18,20,22,27H,1-6,14-15H2,(H,28,29,30). The highest BCUT2D eigenvalue weighted by atomic mass is 32.1. The molecular formula is C25H29FN4S. The highest BCUT2D eigenvalue weighted by molar-refractivity contribution is 7.18. The fraction of sp³-hybridized carbons (Fsp3) is 0.440. The molecule has 5 rings (SSSR count). The van der Waals surface area contributed by atoms with Crippen LogP contribution in [0.3, 0.4) is 0 Å². The Kier molecular flexibility index (Phi) is 6.27. The number of fused-ring (bicyclic) bond motifs is 1. The first-order valence-corrected chi connectivity index (χ1v) is 12.2. The van der Waals surface area contributed by atoms with E-state index in [1.165, 1.54) is 62.9 Å². The van der Waals surface area contributed by atoms with Crippen LogP contribution in [0.1, 0.15) is 37.7 Å². The number of rotatable bonds is 8. The van der Waals surface area contributed by atoms with Gasteiger partial charge in [0.2, 0.25) is 0 Å². The maximum atomic E-state index is 13.1. The van der Waals surface area contributed by atoms with Gasteiger partial charge in [0.15, 0.2) is 5.13 Å². The average Bonchev–Trinajstić information content (AvgIpc) is 3.51. The number of aryl methyl sites for hydroxylation is 1. The van der Waals surface area contributed by atoms with Crippen molar-refractivity contribution in [2.45, 2.75) is 38.5 Å². The molecule has 162 valence electrons. The lowest BCUT2D eigenvalue weighted by Crippen LogP contribution is -2.15. The molecule has 3 aromatic rings. The minimum atomic E-state index is -0.226. The van der Waals surface area contributed by atoms with Crippen LogP contribution in [0.2, 0.25) is 0 Å². The van der Waals surface area contributed by atoms with E-state index in [1.54, 1.807) is 23.5 Å². The second-order valence-corrected chi connectivity index (χ2v) is 9.91. The van der Waals surface area contributed by atoms with Crippen LogP contribution >= 0.6 is 11.3 Å². The van der Waals surface area contributed by atoms with Gasteiger partial charge in [-0.05, 0) is 91.9 Å². The largest absolute Gasteiger partial charge is 0.316 e. The Balaban J connectivity index is 1.12. The minimum Gasteiger partial charge on any atom is -0.316 e. The molecule has 1 saturated heterocycles. The predicted octanol–water partition coefficient (Wildman–Crippen LogP) is 6.05. The first-order chi connectivity index (χ1) is 15.2. The number of halogens is 1. The minimum absolute atomic E-state index is 0.226. The number of nitrogens with zero attached hydrogens (tertiary/aromatic N) is 2. The summed E-state index contributed by atoms with van der Waals surface area (Å²) in [7, 11) is 0. The Morgan fingerprint density at radius 2 is 1.97 bits per heavy atom. The molecule has 2 aromatic heterocycles. The molecule has 1 aromatic carbocycles. The van der Waals surface area contributed by atoms with Crippen LogP contribution in [0.25, 0.3) is 10.4 Å². The van der Waals surface area contributed by atoms with Crippen molar-refractivity contribution in [1.82, 2.24) is 15.3 Å². The van der Waals surface area contributed by atoms with Crippen LogP contribution in [0, 0.1) is 23.6 Å². The number of nitrogens with one attached hydrogen (secondary N) is 2. The molecule has 3 heterocycles. The summed E-state index contributed by atoms with van der Waals surface area (Å²) < 4.78 is 13.1. The Morgan fingerprint density at radius 1 is 1.06 bits per heavy atom. The van der Waals surface area contributed by atoms with Gasteiger partial charge < -0.3 is 10.6 Å². The lowest BCUT2D eigenvalue weighted by Gasteiger charge is -2.17. The number of unbranched alkanes of at least 4 members (excludes halogenated alkanes) is 1. The van der Waals surface area contributed by atoms with E-state index in [4.69, 9.17) is 0 Å². The quantitative estimate of drug-likeness (QED) is 0.422. The van der Waals surface area contributed by atoms with E-state index in [1.807, 2.05) is 12.4 Å². The molecule has 0 amide bonds. The monoisotopic (exact) mass is 436 g/mol. The number of anilines is 2. The van der Waals surface area contributed by atoms with Crippen LogP contribution in [-0.2, 0) is 6.42 Å². The third-order valence-corrected chi connectivity index (χ3v) is 7.85. The molecule has 2 N–H and O–H groups in total. The summed E-state index contributed by atoms with van der Waals surface area (Å²) in [5.74, 6) is 3.43. The van der Waals surface area contributed by atoms with Crippen molar-refractivity contribution >= 4 is 22.3 Å². The van der Waals surface area contributed by atoms with Gasteiger partial charge >= 0.3 is 0 Å². The maximum Gasteiger partial charge on any atom is 0.188 e. The Hall–Kier alpha value is -2.31. The second-order valence-electron chi connectivity index (χ2n) is 8.88. The van der Waals surface area contributed by atoms with Crippen LogP contribution < -0.4 is 10.6 Å². The molecule has 2 fully saturated rings. The fourth-order valence-electron chi connectivity index (χ4n) is 5.24. The molecule has 3 unspecified atom stereocenters. The molecular weight excluding hydrogens is 407 g/mol. The van der Waals surface area contributed by atoms with E-state index in [0.717, 1.165) is 45.6 Å². The summed E-state index contributed by atoms with van der Waals surface area (Å²) in [5.41, 5.74) is 2.29. The van der Waals surface area contributed by atoms with Gasteiger partial charge in [0.1, 0.15) is 11.6 Å². The van der Waals surface area contributed by atoms with Crippen LogP contribution in [-0.4, -0.2) is 23.1 Å². The molecule has 0 spiro atoms. The van der Waals surface area contributed by atoms with Crippen molar-refractivity contribution in [3.8, 4) is 10.4 Å². The van der Waals surface area contributed by atoms with Crippen molar-refractivity contribution in [3.05, 3.63) is 60.2 Å². The highest BCUT2D eigenvalue weighted by Gasteiger charge is 2.38. The zero-order valence-electron chi connectivity index (χ0n) is 17.7. The first kappa shape index (κ1) is 20.6. The number of pyridine rings is 1. The molecule has 31 heavy (non-hydrogen) atoms. The number of hydrogen-bond acceptors (Lipinski definition) is 5. The topological polar surface area (TPSA) is 49.8 Å². The lowest BCUT2D eigenvalue weighted by atomic mass is 9.88. The second kappa shape index (κ2) is 9.45. The molecule has 2 aliphatic rings. The van der Waals surface area contributed by atoms with Crippen molar-refractivity contribution in [3.63, 3.8) is 0 Å². The van der Waals surface area contributed by atoms with Gasteiger partial charge in [-0.2, -0.15) is 0 Å². The van der Waals surface area contributed by atoms with Gasteiger partial charge in [0.25, 0.3) is 0 Å². The smallest absolute Gasteiger partial charge is 0.188 e. The molecule has 1 aliphatic carbocycles. The van der Waals surface area contributed by atoms with Crippen molar-refractivity contribution in [2.24, 2.45) is 17.8 Å². The van der Waals surface area contributed by atoms with E-state index in [-0.39, 0.29) is 5.82 Å². The summed E-state index contributed by atoms with van der Waals surface area (Å²) in [4.78, 5) is 9.91. The summed E-state index contributed by atoms with van der Waals surface area (Å²) in [5, 5.41) is 7.69. The van der Waals surface area contributed by atoms with E-state index in [0.29, 0.717) is 0 Å². The molecule has 1 aliphatic heterocycles. The van der Waals surface area contributed by atoms with E-state index < -0.39 is 0 Å². The average molecular weight is 437 g/mol. The Bertz CT molecular complexity index is 1000. The molecule has 3 atom stereocenters. The molecule has 0 radical (unpaired) electrons. The van der Waals surface area contributed by atoms with Gasteiger partial charge in [-0.1, -0.05) is 36.3 Å². The first-order valence-electron chi connectivity index (χ1n) is 11.4. The Morgan fingerprint density at radius 3 is 2.87 bits per heavy atom. The highest BCUT2D eigenvalue weighted by Crippen LogP contribution is 2.41. The number of aromatic nitrogens is 2. The normalized spacial score (nSPS) is 22.5. The Labute approximate surface area is 187 Å². The third kappa shape index (κ3) is 4.96. The van der Waals surface area contributed by atoms with E-state index >= 15 is 0 Å². The molecule has 4 nitrogen and oxygen atoms in total. The van der Waals surface area contributed by atoms with Gasteiger partial charge in [0.05, 0.1) is 4.88 Å². The fourth-order valence-corrected chi connectivity index (χ4v) is 6.07.